The van der Waals surface area contributed by atoms with Gasteiger partial charge in [0, 0.05) is 24.7 Å². The predicted molar refractivity (Wildman–Crippen MR) is 119 cm³/mol. The minimum absolute atomic E-state index is 0.266. The summed E-state index contributed by atoms with van der Waals surface area (Å²) in [5.41, 5.74) is 4.67. The second-order valence-corrected chi connectivity index (χ2v) is 8.46. The fourth-order valence-electron chi connectivity index (χ4n) is 3.06. The Labute approximate surface area is 179 Å². The van der Waals surface area contributed by atoms with E-state index in [2.05, 4.69) is 56.6 Å². The van der Waals surface area contributed by atoms with Crippen LogP contribution in [-0.2, 0) is 6.54 Å². The zero-order valence-corrected chi connectivity index (χ0v) is 18.0. The Morgan fingerprint density at radius 2 is 1.93 bits per heavy atom. The largest absolute Gasteiger partial charge is 0.393 e. The van der Waals surface area contributed by atoms with Crippen molar-refractivity contribution in [1.29, 1.82) is 0 Å². The van der Waals surface area contributed by atoms with Crippen LogP contribution in [-0.4, -0.2) is 46.9 Å². The second-order valence-electron chi connectivity index (χ2n) is 7.47. The fourth-order valence-corrected chi connectivity index (χ4v) is 3.76. The van der Waals surface area contributed by atoms with Gasteiger partial charge >= 0.3 is 0 Å². The van der Waals surface area contributed by atoms with Crippen LogP contribution >= 0.6 is 11.8 Å². The van der Waals surface area contributed by atoms with Crippen molar-refractivity contribution in [2.24, 2.45) is 0 Å². The highest BCUT2D eigenvalue weighted by atomic mass is 32.2. The van der Waals surface area contributed by atoms with Crippen molar-refractivity contribution in [2.45, 2.75) is 44.5 Å². The van der Waals surface area contributed by atoms with Gasteiger partial charge in [-0.3, -0.25) is 5.10 Å². The summed E-state index contributed by atoms with van der Waals surface area (Å²) in [6.07, 6.45) is 3.26. The van der Waals surface area contributed by atoms with Gasteiger partial charge in [0.15, 0.2) is 16.5 Å². The van der Waals surface area contributed by atoms with E-state index in [1.54, 1.807) is 13.1 Å². The Morgan fingerprint density at radius 1 is 1.13 bits per heavy atom. The minimum Gasteiger partial charge on any atom is -0.393 e. The molecule has 3 heterocycles. The number of aliphatic hydroxyl groups excluding tert-OH is 1. The number of hydrogen-bond donors (Lipinski definition) is 3. The van der Waals surface area contributed by atoms with Crippen molar-refractivity contribution in [3.63, 3.8) is 0 Å². The Hall–Kier alpha value is -2.91. The first kappa shape index (κ1) is 20.4. The van der Waals surface area contributed by atoms with Crippen molar-refractivity contribution >= 4 is 28.6 Å². The summed E-state index contributed by atoms with van der Waals surface area (Å²) in [6.45, 7) is 6.57. The van der Waals surface area contributed by atoms with Crippen molar-refractivity contribution in [3.05, 3.63) is 54.0 Å². The average Bonchev–Trinajstić information content (AvgIpc) is 3.41. The molecule has 3 N–H and O–H groups in total. The molecule has 0 saturated heterocycles. The van der Waals surface area contributed by atoms with Crippen LogP contribution in [0.1, 0.15) is 37.9 Å². The van der Waals surface area contributed by atoms with E-state index in [0.29, 0.717) is 23.3 Å². The van der Waals surface area contributed by atoms with Crippen LogP contribution in [0.3, 0.4) is 0 Å². The standard InChI is InChI=1S/C21H25N7OS/c1-13(2)17-18-19(27-26-17)20(25-21(24-18)30-12-14(3)29)22-11-15-5-7-16(8-6-15)28-10-4-9-23-28/h4-10,13-14,29H,11-12H2,1-3H3,(H,26,27)(H,22,24,25). The molecule has 1 unspecified atom stereocenters. The average molecular weight is 424 g/mol. The molecule has 1 aromatic carbocycles. The van der Waals surface area contributed by atoms with Gasteiger partial charge in [0.1, 0.15) is 5.52 Å². The quantitative estimate of drug-likeness (QED) is 0.293. The maximum atomic E-state index is 9.63. The zero-order chi connectivity index (χ0) is 21.1. The van der Waals surface area contributed by atoms with Gasteiger partial charge in [-0.1, -0.05) is 37.7 Å². The Morgan fingerprint density at radius 3 is 2.60 bits per heavy atom. The van der Waals surface area contributed by atoms with Crippen molar-refractivity contribution in [2.75, 3.05) is 11.1 Å². The maximum absolute atomic E-state index is 9.63. The number of thioether (sulfide) groups is 1. The van der Waals surface area contributed by atoms with Crippen molar-refractivity contribution < 1.29 is 5.11 Å². The number of nitrogens with one attached hydrogen (secondary N) is 2. The summed E-state index contributed by atoms with van der Waals surface area (Å²) in [7, 11) is 0. The lowest BCUT2D eigenvalue weighted by atomic mass is 10.1. The molecule has 4 aromatic rings. The van der Waals surface area contributed by atoms with E-state index in [0.717, 1.165) is 28.0 Å². The van der Waals surface area contributed by atoms with E-state index in [1.807, 2.05) is 29.1 Å². The van der Waals surface area contributed by atoms with Gasteiger partial charge in [-0.15, -0.1) is 0 Å². The SMILES string of the molecule is CC(O)CSc1nc(NCc2ccc(-n3cccn3)cc2)c2n[nH]c(C(C)C)c2n1. The van der Waals surface area contributed by atoms with E-state index in [4.69, 9.17) is 0 Å². The van der Waals surface area contributed by atoms with Crippen molar-refractivity contribution in [3.8, 4) is 5.69 Å². The van der Waals surface area contributed by atoms with Crippen LogP contribution in [0.25, 0.3) is 16.7 Å². The number of benzene rings is 1. The first-order valence-electron chi connectivity index (χ1n) is 9.91. The van der Waals surface area contributed by atoms with Crippen LogP contribution in [0.4, 0.5) is 5.82 Å². The minimum atomic E-state index is -0.423. The first-order valence-corrected chi connectivity index (χ1v) is 10.9. The summed E-state index contributed by atoms with van der Waals surface area (Å²) in [6, 6.07) is 10.1. The molecule has 0 aliphatic rings. The van der Waals surface area contributed by atoms with Gasteiger partial charge in [-0.05, 0) is 36.6 Å². The third kappa shape index (κ3) is 4.47. The van der Waals surface area contributed by atoms with E-state index in [1.165, 1.54) is 11.8 Å². The van der Waals surface area contributed by atoms with E-state index >= 15 is 0 Å². The van der Waals surface area contributed by atoms with Gasteiger partial charge in [0.25, 0.3) is 0 Å². The molecule has 0 bridgehead atoms. The zero-order valence-electron chi connectivity index (χ0n) is 17.2. The molecule has 0 saturated carbocycles. The van der Waals surface area contributed by atoms with E-state index < -0.39 is 6.10 Å². The highest BCUT2D eigenvalue weighted by Gasteiger charge is 2.17. The third-order valence-corrected chi connectivity index (χ3v) is 5.69. The Balaban J connectivity index is 1.57. The molecule has 1 atom stereocenters. The fraction of sp³-hybridized carbons (Fsp3) is 0.333. The molecule has 9 heteroatoms. The van der Waals surface area contributed by atoms with Gasteiger partial charge in [0.2, 0.25) is 0 Å². The number of fused-ring (bicyclic) bond motifs is 1. The number of aromatic amines is 1. The molecule has 0 spiro atoms. The van der Waals surface area contributed by atoms with E-state index in [-0.39, 0.29) is 5.92 Å². The first-order chi connectivity index (χ1) is 14.5. The molecule has 30 heavy (non-hydrogen) atoms. The molecule has 4 rings (SSSR count). The van der Waals surface area contributed by atoms with Crippen LogP contribution in [0, 0.1) is 0 Å². The molecule has 0 aliphatic heterocycles. The molecular weight excluding hydrogens is 398 g/mol. The second kappa shape index (κ2) is 8.85. The summed E-state index contributed by atoms with van der Waals surface area (Å²) < 4.78 is 1.83. The number of anilines is 1. The number of nitrogens with zero attached hydrogens (tertiary/aromatic N) is 5. The third-order valence-electron chi connectivity index (χ3n) is 4.60. The molecular formula is C21H25N7OS. The molecule has 3 aromatic heterocycles. The summed E-state index contributed by atoms with van der Waals surface area (Å²) >= 11 is 1.44. The smallest absolute Gasteiger partial charge is 0.190 e. The highest BCUT2D eigenvalue weighted by molar-refractivity contribution is 7.99. The van der Waals surface area contributed by atoms with Gasteiger partial charge in [-0.25, -0.2) is 14.6 Å². The van der Waals surface area contributed by atoms with Crippen molar-refractivity contribution in [1.82, 2.24) is 29.9 Å². The summed E-state index contributed by atoms with van der Waals surface area (Å²) in [5.74, 6) is 1.49. The van der Waals surface area contributed by atoms with E-state index in [9.17, 15) is 5.11 Å². The monoisotopic (exact) mass is 423 g/mol. The predicted octanol–water partition coefficient (Wildman–Crippen LogP) is 3.75. The Bertz CT molecular complexity index is 1100. The number of H-pyrrole nitrogens is 1. The topological polar surface area (TPSA) is 105 Å². The molecule has 156 valence electrons. The number of rotatable bonds is 8. The highest BCUT2D eigenvalue weighted by Crippen LogP contribution is 2.28. The number of hydrogen-bond acceptors (Lipinski definition) is 7. The van der Waals surface area contributed by atoms with Gasteiger partial charge in [-0.2, -0.15) is 10.2 Å². The number of aliphatic hydroxyl groups is 1. The van der Waals surface area contributed by atoms with Crippen LogP contribution in [0.5, 0.6) is 0 Å². The van der Waals surface area contributed by atoms with Gasteiger partial charge in [0.05, 0.1) is 17.5 Å². The van der Waals surface area contributed by atoms with Crippen LogP contribution < -0.4 is 5.32 Å². The normalized spacial score (nSPS) is 12.6. The summed E-state index contributed by atoms with van der Waals surface area (Å²) in [4.78, 5) is 9.33. The lowest BCUT2D eigenvalue weighted by molar-refractivity contribution is 0.220. The maximum Gasteiger partial charge on any atom is 0.190 e. The van der Waals surface area contributed by atoms with Crippen LogP contribution in [0.15, 0.2) is 47.9 Å². The molecule has 8 nitrogen and oxygen atoms in total. The number of aromatic nitrogens is 6. The Kier molecular flexibility index (Phi) is 6.01. The van der Waals surface area contributed by atoms with Gasteiger partial charge < -0.3 is 10.4 Å². The molecule has 0 amide bonds. The molecule has 0 radical (unpaired) electrons. The summed E-state index contributed by atoms with van der Waals surface area (Å²) in [5, 5.41) is 25.5. The molecule has 0 aliphatic carbocycles. The lowest BCUT2D eigenvalue weighted by Crippen LogP contribution is -2.07. The van der Waals surface area contributed by atoms with Crippen LogP contribution in [0.2, 0.25) is 0 Å². The molecule has 0 fully saturated rings. The lowest BCUT2D eigenvalue weighted by Gasteiger charge is -2.10.